The van der Waals surface area contributed by atoms with Gasteiger partial charge < -0.3 is 0 Å². The van der Waals surface area contributed by atoms with Gasteiger partial charge in [0.05, 0.1) is 5.56 Å². The van der Waals surface area contributed by atoms with Crippen molar-refractivity contribution < 1.29 is 22.0 Å². The minimum absolute atomic E-state index is 0.506. The first-order chi connectivity index (χ1) is 6.73. The lowest BCUT2D eigenvalue weighted by molar-refractivity contribution is -0.142. The summed E-state index contributed by atoms with van der Waals surface area (Å²) in [6.45, 7) is 0. The zero-order valence-corrected chi connectivity index (χ0v) is 9.92. The van der Waals surface area contributed by atoms with Gasteiger partial charge in [0, 0.05) is 4.47 Å². The summed E-state index contributed by atoms with van der Waals surface area (Å²) in [5, 5.41) is 0. The fourth-order valence-corrected chi connectivity index (χ4v) is 1.86. The molecule has 1 aromatic heterocycles. The Morgan fingerprint density at radius 3 is 2.13 bits per heavy atom. The molecule has 0 aliphatic carbocycles. The smallest absolute Gasteiger partial charge is 0.235 e. The maximum Gasteiger partial charge on any atom is 0.434 e. The Morgan fingerprint density at radius 1 is 1.20 bits per heavy atom. The second-order valence-electron chi connectivity index (χ2n) is 2.50. The zero-order valence-electron chi connectivity index (χ0n) is 6.75. The SMILES string of the molecule is FC(F)c1cc(Br)c(C(F)(F)F)nc1Br. The van der Waals surface area contributed by atoms with Crippen LogP contribution in [0.3, 0.4) is 0 Å². The second kappa shape index (κ2) is 4.32. The van der Waals surface area contributed by atoms with Gasteiger partial charge in [0.2, 0.25) is 0 Å². The van der Waals surface area contributed by atoms with Crippen LogP contribution in [-0.4, -0.2) is 4.98 Å². The summed E-state index contributed by atoms with van der Waals surface area (Å²) in [7, 11) is 0. The van der Waals surface area contributed by atoms with E-state index in [0.29, 0.717) is 6.07 Å². The van der Waals surface area contributed by atoms with E-state index in [1.807, 2.05) is 0 Å². The average molecular weight is 355 g/mol. The molecule has 0 bridgehead atoms. The van der Waals surface area contributed by atoms with Crippen LogP contribution in [0, 0.1) is 0 Å². The Balaban J connectivity index is 3.32. The molecule has 0 fully saturated rings. The highest BCUT2D eigenvalue weighted by molar-refractivity contribution is 9.11. The molecule has 1 heterocycles. The van der Waals surface area contributed by atoms with Gasteiger partial charge in [-0.3, -0.25) is 0 Å². The third-order valence-corrected chi connectivity index (χ3v) is 2.70. The molecule has 15 heavy (non-hydrogen) atoms. The van der Waals surface area contributed by atoms with E-state index in [1.54, 1.807) is 0 Å². The van der Waals surface area contributed by atoms with Crippen LogP contribution in [-0.2, 0) is 6.18 Å². The minimum Gasteiger partial charge on any atom is -0.235 e. The lowest BCUT2D eigenvalue weighted by Gasteiger charge is -2.10. The molecule has 0 spiro atoms. The summed E-state index contributed by atoms with van der Waals surface area (Å²) < 4.78 is 60.3. The van der Waals surface area contributed by atoms with Crippen LogP contribution in [0.2, 0.25) is 0 Å². The van der Waals surface area contributed by atoms with Crippen molar-refractivity contribution in [1.82, 2.24) is 4.98 Å². The first kappa shape index (κ1) is 12.8. The van der Waals surface area contributed by atoms with E-state index in [4.69, 9.17) is 0 Å². The third-order valence-electron chi connectivity index (χ3n) is 1.46. The van der Waals surface area contributed by atoms with E-state index < -0.39 is 32.9 Å². The summed E-state index contributed by atoms with van der Waals surface area (Å²) in [6.07, 6.45) is -7.56. The fraction of sp³-hybridized carbons (Fsp3) is 0.286. The molecule has 0 N–H and O–H groups in total. The van der Waals surface area contributed by atoms with Crippen LogP contribution >= 0.6 is 31.9 Å². The molecule has 0 amide bonds. The minimum atomic E-state index is -4.68. The van der Waals surface area contributed by atoms with Crippen molar-refractivity contribution in [2.75, 3.05) is 0 Å². The first-order valence-corrected chi connectivity index (χ1v) is 5.03. The molecule has 0 aliphatic rings. The van der Waals surface area contributed by atoms with E-state index in [0.717, 1.165) is 0 Å². The lowest BCUT2D eigenvalue weighted by Crippen LogP contribution is -2.10. The standard InChI is InChI=1S/C7H2Br2F5N/c8-3-1-2(6(10)11)5(9)15-4(3)7(12,13)14/h1,6H. The highest BCUT2D eigenvalue weighted by Crippen LogP contribution is 2.37. The zero-order chi connectivity index (χ0) is 11.8. The average Bonchev–Trinajstić information content (AvgIpc) is 2.06. The van der Waals surface area contributed by atoms with Crippen LogP contribution in [0.15, 0.2) is 15.1 Å². The molecule has 8 heteroatoms. The van der Waals surface area contributed by atoms with E-state index in [1.165, 1.54) is 0 Å². The number of hydrogen-bond acceptors (Lipinski definition) is 1. The molecule has 1 aromatic rings. The van der Waals surface area contributed by atoms with Crippen molar-refractivity contribution in [3.8, 4) is 0 Å². The fourth-order valence-electron chi connectivity index (χ4n) is 0.832. The highest BCUT2D eigenvalue weighted by atomic mass is 79.9. The van der Waals surface area contributed by atoms with Crippen molar-refractivity contribution >= 4 is 31.9 Å². The van der Waals surface area contributed by atoms with E-state index in [-0.39, 0.29) is 0 Å². The third kappa shape index (κ3) is 2.87. The number of pyridine rings is 1. The van der Waals surface area contributed by atoms with Gasteiger partial charge in [-0.2, -0.15) is 13.2 Å². The first-order valence-electron chi connectivity index (χ1n) is 3.44. The highest BCUT2D eigenvalue weighted by Gasteiger charge is 2.36. The summed E-state index contributed by atoms with van der Waals surface area (Å²) >= 11 is 5.11. The van der Waals surface area contributed by atoms with E-state index in [9.17, 15) is 22.0 Å². The monoisotopic (exact) mass is 353 g/mol. The molecule has 0 saturated heterocycles. The van der Waals surface area contributed by atoms with Crippen LogP contribution in [0.5, 0.6) is 0 Å². The van der Waals surface area contributed by atoms with E-state index in [2.05, 4.69) is 36.8 Å². The van der Waals surface area contributed by atoms with Crippen LogP contribution in [0.25, 0.3) is 0 Å². The number of alkyl halides is 5. The van der Waals surface area contributed by atoms with Gasteiger partial charge in [-0.05, 0) is 37.9 Å². The molecular weight excluding hydrogens is 353 g/mol. The quantitative estimate of drug-likeness (QED) is 0.532. The predicted molar refractivity (Wildman–Crippen MR) is 49.6 cm³/mol. The number of rotatable bonds is 1. The molecule has 0 radical (unpaired) electrons. The Bertz CT molecular complexity index is 376. The summed E-state index contributed by atoms with van der Waals surface area (Å²) in [6, 6.07) is 0.699. The number of aromatic nitrogens is 1. The summed E-state index contributed by atoms with van der Waals surface area (Å²) in [4.78, 5) is 3.03. The molecule has 1 nitrogen and oxygen atoms in total. The largest absolute Gasteiger partial charge is 0.434 e. The summed E-state index contributed by atoms with van der Waals surface area (Å²) in [5.74, 6) is 0. The van der Waals surface area contributed by atoms with Gasteiger partial charge in [-0.1, -0.05) is 0 Å². The molecular formula is C7H2Br2F5N. The van der Waals surface area contributed by atoms with E-state index >= 15 is 0 Å². The van der Waals surface area contributed by atoms with Gasteiger partial charge in [0.1, 0.15) is 4.60 Å². The number of halogens is 7. The van der Waals surface area contributed by atoms with Crippen molar-refractivity contribution in [1.29, 1.82) is 0 Å². The maximum absolute atomic E-state index is 12.3. The Kier molecular flexibility index (Phi) is 3.70. The van der Waals surface area contributed by atoms with Crippen molar-refractivity contribution in [2.45, 2.75) is 12.6 Å². The molecule has 0 atom stereocenters. The number of hydrogen-bond donors (Lipinski definition) is 0. The van der Waals surface area contributed by atoms with Gasteiger partial charge in [0.15, 0.2) is 5.69 Å². The summed E-state index contributed by atoms with van der Waals surface area (Å²) in [5.41, 5.74) is -1.83. The Hall–Kier alpha value is -0.240. The van der Waals surface area contributed by atoms with Crippen LogP contribution in [0.1, 0.15) is 17.7 Å². The van der Waals surface area contributed by atoms with Gasteiger partial charge in [-0.25, -0.2) is 13.8 Å². The lowest BCUT2D eigenvalue weighted by atomic mass is 10.2. The maximum atomic E-state index is 12.3. The normalized spacial score (nSPS) is 12.3. The molecule has 0 unspecified atom stereocenters. The molecule has 0 aromatic carbocycles. The molecule has 0 aliphatic heterocycles. The Morgan fingerprint density at radius 2 is 1.73 bits per heavy atom. The van der Waals surface area contributed by atoms with Crippen molar-refractivity contribution in [3.63, 3.8) is 0 Å². The van der Waals surface area contributed by atoms with Crippen LogP contribution in [0.4, 0.5) is 22.0 Å². The number of nitrogens with zero attached hydrogens (tertiary/aromatic N) is 1. The van der Waals surface area contributed by atoms with Crippen molar-refractivity contribution in [2.24, 2.45) is 0 Å². The molecule has 84 valence electrons. The predicted octanol–water partition coefficient (Wildman–Crippen LogP) is 4.56. The second-order valence-corrected chi connectivity index (χ2v) is 4.10. The topological polar surface area (TPSA) is 12.9 Å². The molecule has 0 saturated carbocycles. The Labute approximate surface area is 97.9 Å². The van der Waals surface area contributed by atoms with Gasteiger partial charge in [0.25, 0.3) is 6.43 Å². The van der Waals surface area contributed by atoms with Gasteiger partial charge >= 0.3 is 6.18 Å². The van der Waals surface area contributed by atoms with Crippen LogP contribution < -0.4 is 0 Å². The molecule has 1 rings (SSSR count). The van der Waals surface area contributed by atoms with Gasteiger partial charge in [-0.15, -0.1) is 0 Å². The van der Waals surface area contributed by atoms with Crippen molar-refractivity contribution in [3.05, 3.63) is 26.4 Å².